The first-order chi connectivity index (χ1) is 14.3. The first-order valence-electron chi connectivity index (χ1n) is 9.86. The number of carbonyl (C=O) groups excluding carboxylic acids is 2. The summed E-state index contributed by atoms with van der Waals surface area (Å²) in [6, 6.07) is 6.43. The zero-order valence-electron chi connectivity index (χ0n) is 17.2. The number of nitrogens with two attached hydrogens (primary N) is 1. The minimum Gasteiger partial charge on any atom is -0.480 e. The number of carbonyl (C=O) groups is 3. The van der Waals surface area contributed by atoms with Crippen LogP contribution >= 0.6 is 0 Å². The smallest absolute Gasteiger partial charge is 0.326 e. The van der Waals surface area contributed by atoms with Gasteiger partial charge in [-0.3, -0.25) is 9.59 Å². The van der Waals surface area contributed by atoms with Gasteiger partial charge in [0, 0.05) is 18.3 Å². The molecule has 3 atom stereocenters. The number of H-pyrrole nitrogens is 1. The van der Waals surface area contributed by atoms with Crippen LogP contribution in [-0.4, -0.2) is 51.0 Å². The molecule has 0 aliphatic carbocycles. The van der Waals surface area contributed by atoms with Gasteiger partial charge in [-0.25, -0.2) is 9.78 Å². The second kappa shape index (κ2) is 11.1. The number of imidazole rings is 1. The molecule has 9 heteroatoms. The number of amides is 2. The molecule has 0 spiro atoms. The first kappa shape index (κ1) is 23.1. The van der Waals surface area contributed by atoms with Crippen LogP contribution in [0.25, 0.3) is 0 Å². The quantitative estimate of drug-likeness (QED) is 0.363. The molecule has 0 aliphatic rings. The number of nitrogens with zero attached hydrogens (tertiary/aromatic N) is 1. The maximum absolute atomic E-state index is 12.8. The average molecular weight is 415 g/mol. The van der Waals surface area contributed by atoms with Gasteiger partial charge in [0.05, 0.1) is 12.4 Å². The number of aromatic amines is 1. The molecule has 0 saturated heterocycles. The second-order valence-corrected chi connectivity index (χ2v) is 7.67. The van der Waals surface area contributed by atoms with E-state index in [0.717, 1.165) is 5.56 Å². The van der Waals surface area contributed by atoms with E-state index in [1.165, 1.54) is 6.33 Å². The lowest BCUT2D eigenvalue weighted by molar-refractivity contribution is -0.142. The first-order valence-corrected chi connectivity index (χ1v) is 9.86. The zero-order valence-corrected chi connectivity index (χ0v) is 17.2. The summed E-state index contributed by atoms with van der Waals surface area (Å²) in [4.78, 5) is 43.8. The predicted octanol–water partition coefficient (Wildman–Crippen LogP) is 0.623. The van der Waals surface area contributed by atoms with E-state index < -0.39 is 35.9 Å². The summed E-state index contributed by atoms with van der Waals surface area (Å²) >= 11 is 0. The third-order valence-corrected chi connectivity index (χ3v) is 4.57. The number of carboxylic acid groups (broad SMARTS) is 1. The number of aromatic nitrogens is 2. The number of hydrogen-bond acceptors (Lipinski definition) is 5. The molecule has 0 fully saturated rings. The molecule has 9 nitrogen and oxygen atoms in total. The van der Waals surface area contributed by atoms with Crippen LogP contribution in [0.5, 0.6) is 0 Å². The molecule has 0 saturated carbocycles. The van der Waals surface area contributed by atoms with Crippen LogP contribution in [0.15, 0.2) is 42.9 Å². The summed E-state index contributed by atoms with van der Waals surface area (Å²) in [5.41, 5.74) is 7.56. The molecule has 0 bridgehead atoms. The number of aliphatic carboxylic acids is 1. The van der Waals surface area contributed by atoms with Gasteiger partial charge in [-0.05, 0) is 24.3 Å². The zero-order chi connectivity index (χ0) is 22.1. The molecule has 0 unspecified atom stereocenters. The maximum atomic E-state index is 12.8. The molecule has 0 aliphatic heterocycles. The van der Waals surface area contributed by atoms with Gasteiger partial charge in [0.15, 0.2) is 0 Å². The van der Waals surface area contributed by atoms with E-state index >= 15 is 0 Å². The van der Waals surface area contributed by atoms with Crippen LogP contribution < -0.4 is 16.4 Å². The molecule has 162 valence electrons. The molecule has 2 amide bonds. The number of hydrogen-bond donors (Lipinski definition) is 5. The fraction of sp³-hybridized carbons (Fsp3) is 0.429. The van der Waals surface area contributed by atoms with Crippen molar-refractivity contribution in [2.45, 2.75) is 51.2 Å². The lowest BCUT2D eigenvalue weighted by atomic mass is 10.0. The molecular formula is C21H29N5O4. The van der Waals surface area contributed by atoms with Crippen LogP contribution in [-0.2, 0) is 27.2 Å². The highest BCUT2D eigenvalue weighted by molar-refractivity contribution is 5.92. The Morgan fingerprint density at radius 2 is 1.73 bits per heavy atom. The van der Waals surface area contributed by atoms with Crippen LogP contribution in [0.3, 0.4) is 0 Å². The lowest BCUT2D eigenvalue weighted by Gasteiger charge is -2.23. The Balaban J connectivity index is 2.08. The van der Waals surface area contributed by atoms with Gasteiger partial charge in [-0.2, -0.15) is 0 Å². The van der Waals surface area contributed by atoms with E-state index in [1.807, 2.05) is 44.2 Å². The van der Waals surface area contributed by atoms with Gasteiger partial charge in [-0.15, -0.1) is 0 Å². The predicted molar refractivity (Wildman–Crippen MR) is 111 cm³/mol. The van der Waals surface area contributed by atoms with E-state index in [9.17, 15) is 19.5 Å². The SMILES string of the molecule is CC(C)C[C@H](NC(=O)[C@H](Cc1cnc[nH]1)NC(=O)[C@@H](N)Cc1ccccc1)C(=O)O. The number of rotatable bonds is 11. The Labute approximate surface area is 175 Å². The summed E-state index contributed by atoms with van der Waals surface area (Å²) in [5, 5.41) is 14.6. The fourth-order valence-corrected chi connectivity index (χ4v) is 3.03. The summed E-state index contributed by atoms with van der Waals surface area (Å²) in [6.07, 6.45) is 3.73. The second-order valence-electron chi connectivity index (χ2n) is 7.67. The van der Waals surface area contributed by atoms with Crippen molar-refractivity contribution >= 4 is 17.8 Å². The number of benzene rings is 1. The van der Waals surface area contributed by atoms with Crippen LogP contribution in [0.4, 0.5) is 0 Å². The van der Waals surface area contributed by atoms with Gasteiger partial charge in [0.2, 0.25) is 11.8 Å². The third-order valence-electron chi connectivity index (χ3n) is 4.57. The molecule has 1 heterocycles. The molecule has 2 rings (SSSR count). The van der Waals surface area contributed by atoms with E-state index in [-0.39, 0.29) is 18.8 Å². The highest BCUT2D eigenvalue weighted by Gasteiger charge is 2.29. The van der Waals surface area contributed by atoms with Crippen molar-refractivity contribution in [3.8, 4) is 0 Å². The summed E-state index contributed by atoms with van der Waals surface area (Å²) in [6.45, 7) is 3.74. The molecule has 30 heavy (non-hydrogen) atoms. The Kier molecular flexibility index (Phi) is 8.54. The van der Waals surface area contributed by atoms with Crippen LogP contribution in [0, 0.1) is 5.92 Å². The van der Waals surface area contributed by atoms with Crippen molar-refractivity contribution in [2.24, 2.45) is 11.7 Å². The number of nitrogens with one attached hydrogen (secondary N) is 3. The van der Waals surface area contributed by atoms with Crippen LogP contribution in [0.2, 0.25) is 0 Å². The Hall–Kier alpha value is -3.20. The van der Waals surface area contributed by atoms with Crippen molar-refractivity contribution in [3.05, 3.63) is 54.1 Å². The van der Waals surface area contributed by atoms with Crippen LogP contribution in [0.1, 0.15) is 31.5 Å². The van der Waals surface area contributed by atoms with Gasteiger partial charge < -0.3 is 26.5 Å². The van der Waals surface area contributed by atoms with Crippen molar-refractivity contribution in [1.82, 2.24) is 20.6 Å². The summed E-state index contributed by atoms with van der Waals surface area (Å²) in [5.74, 6) is -2.12. The van der Waals surface area contributed by atoms with E-state index in [0.29, 0.717) is 12.1 Å². The summed E-state index contributed by atoms with van der Waals surface area (Å²) < 4.78 is 0. The monoisotopic (exact) mass is 415 g/mol. The van der Waals surface area contributed by atoms with E-state index in [4.69, 9.17) is 5.73 Å². The highest BCUT2D eigenvalue weighted by atomic mass is 16.4. The molecule has 2 aromatic rings. The minimum atomic E-state index is -1.12. The maximum Gasteiger partial charge on any atom is 0.326 e. The fourth-order valence-electron chi connectivity index (χ4n) is 3.03. The molecule has 0 radical (unpaired) electrons. The third kappa shape index (κ3) is 7.32. The van der Waals surface area contributed by atoms with E-state index in [1.54, 1.807) is 6.20 Å². The van der Waals surface area contributed by atoms with Gasteiger partial charge in [-0.1, -0.05) is 44.2 Å². The Morgan fingerprint density at radius 1 is 1.07 bits per heavy atom. The van der Waals surface area contributed by atoms with Crippen molar-refractivity contribution in [2.75, 3.05) is 0 Å². The summed E-state index contributed by atoms with van der Waals surface area (Å²) in [7, 11) is 0. The Bertz CT molecular complexity index is 823. The molecule has 6 N–H and O–H groups in total. The molecule has 1 aromatic heterocycles. The topological polar surface area (TPSA) is 150 Å². The molecular weight excluding hydrogens is 386 g/mol. The van der Waals surface area contributed by atoms with Crippen molar-refractivity contribution in [1.29, 1.82) is 0 Å². The van der Waals surface area contributed by atoms with Crippen molar-refractivity contribution < 1.29 is 19.5 Å². The Morgan fingerprint density at radius 3 is 2.30 bits per heavy atom. The van der Waals surface area contributed by atoms with E-state index in [2.05, 4.69) is 20.6 Å². The van der Waals surface area contributed by atoms with Gasteiger partial charge >= 0.3 is 5.97 Å². The molecule has 1 aromatic carbocycles. The normalized spacial score (nSPS) is 14.0. The average Bonchev–Trinajstić information content (AvgIpc) is 3.20. The van der Waals surface area contributed by atoms with Gasteiger partial charge in [0.1, 0.15) is 12.1 Å². The largest absolute Gasteiger partial charge is 0.480 e. The minimum absolute atomic E-state index is 0.0753. The standard InChI is InChI=1S/C21H29N5O4/c1-13(2)8-18(21(29)30)26-20(28)17(10-15-11-23-12-24-15)25-19(27)16(22)9-14-6-4-3-5-7-14/h3-7,11-13,16-18H,8-10,22H2,1-2H3,(H,23,24)(H,25,27)(H,26,28)(H,29,30)/t16-,17-,18-/m0/s1. The van der Waals surface area contributed by atoms with Gasteiger partial charge in [0.25, 0.3) is 0 Å². The highest BCUT2D eigenvalue weighted by Crippen LogP contribution is 2.07. The lowest BCUT2D eigenvalue weighted by Crippen LogP contribution is -2.55. The number of carboxylic acids is 1. The van der Waals surface area contributed by atoms with Crippen molar-refractivity contribution in [3.63, 3.8) is 0 Å².